The maximum atomic E-state index is 13.2. The highest BCUT2D eigenvalue weighted by molar-refractivity contribution is 6.08. The SMILES string of the molecule is O=C(COc1ccccc1)Nc1cc(C(=O)O)c(O)c2ncc(Cc3ccc(F)cc3)cc12. The molecule has 3 N–H and O–H groups in total. The number of carboxylic acid groups (broad SMARTS) is 1. The predicted molar refractivity (Wildman–Crippen MR) is 120 cm³/mol. The summed E-state index contributed by atoms with van der Waals surface area (Å²) in [5, 5.41) is 22.9. The molecule has 33 heavy (non-hydrogen) atoms. The third-order valence-corrected chi connectivity index (χ3v) is 4.94. The Balaban J connectivity index is 1.65. The smallest absolute Gasteiger partial charge is 0.339 e. The van der Waals surface area contributed by atoms with Crippen molar-refractivity contribution in [2.75, 3.05) is 11.9 Å². The first kappa shape index (κ1) is 21.8. The van der Waals surface area contributed by atoms with Crippen LogP contribution in [0.2, 0.25) is 0 Å². The van der Waals surface area contributed by atoms with Crippen molar-refractivity contribution in [2.24, 2.45) is 0 Å². The Bertz CT molecular complexity index is 1320. The number of hydrogen-bond donors (Lipinski definition) is 3. The molecule has 1 aromatic heterocycles. The molecule has 3 aromatic carbocycles. The van der Waals surface area contributed by atoms with Gasteiger partial charge in [0.1, 0.15) is 22.6 Å². The zero-order valence-electron chi connectivity index (χ0n) is 17.3. The van der Waals surface area contributed by atoms with Crippen molar-refractivity contribution in [1.82, 2.24) is 4.98 Å². The fourth-order valence-electron chi connectivity index (χ4n) is 3.37. The molecule has 0 aliphatic carbocycles. The van der Waals surface area contributed by atoms with Crippen molar-refractivity contribution >= 4 is 28.5 Å². The Hall–Kier alpha value is -4.46. The van der Waals surface area contributed by atoms with Crippen LogP contribution in [-0.2, 0) is 11.2 Å². The van der Waals surface area contributed by atoms with E-state index in [1.54, 1.807) is 42.5 Å². The molecule has 0 saturated carbocycles. The van der Waals surface area contributed by atoms with E-state index in [1.165, 1.54) is 24.4 Å². The number of carbonyl (C=O) groups excluding carboxylic acids is 1. The van der Waals surface area contributed by atoms with Crippen molar-refractivity contribution < 1.29 is 28.9 Å². The topological polar surface area (TPSA) is 109 Å². The average Bonchev–Trinajstić information content (AvgIpc) is 2.81. The number of hydrogen-bond acceptors (Lipinski definition) is 5. The van der Waals surface area contributed by atoms with Gasteiger partial charge in [-0.1, -0.05) is 30.3 Å². The van der Waals surface area contributed by atoms with E-state index in [0.29, 0.717) is 17.6 Å². The number of aromatic carboxylic acids is 1. The van der Waals surface area contributed by atoms with Crippen molar-refractivity contribution in [3.63, 3.8) is 0 Å². The average molecular weight is 446 g/mol. The van der Waals surface area contributed by atoms with E-state index < -0.39 is 17.6 Å². The van der Waals surface area contributed by atoms with Gasteiger partial charge in [-0.25, -0.2) is 9.18 Å². The van der Waals surface area contributed by atoms with Crippen LogP contribution in [0.15, 0.2) is 72.9 Å². The summed E-state index contributed by atoms with van der Waals surface area (Å²) in [6.07, 6.45) is 1.93. The van der Waals surface area contributed by atoms with Crippen molar-refractivity contribution in [1.29, 1.82) is 0 Å². The maximum absolute atomic E-state index is 13.2. The van der Waals surface area contributed by atoms with Crippen LogP contribution < -0.4 is 10.1 Å². The number of aromatic nitrogens is 1. The highest BCUT2D eigenvalue weighted by atomic mass is 19.1. The maximum Gasteiger partial charge on any atom is 0.339 e. The Kier molecular flexibility index (Phi) is 6.17. The molecule has 4 aromatic rings. The van der Waals surface area contributed by atoms with Gasteiger partial charge in [0, 0.05) is 11.6 Å². The molecular weight excluding hydrogens is 427 g/mol. The number of halogens is 1. The van der Waals surface area contributed by atoms with E-state index in [2.05, 4.69) is 10.3 Å². The van der Waals surface area contributed by atoms with E-state index in [9.17, 15) is 24.2 Å². The molecule has 0 spiro atoms. The van der Waals surface area contributed by atoms with Crippen LogP contribution in [0.1, 0.15) is 21.5 Å². The van der Waals surface area contributed by atoms with Gasteiger partial charge in [-0.2, -0.15) is 0 Å². The molecule has 166 valence electrons. The lowest BCUT2D eigenvalue weighted by molar-refractivity contribution is -0.118. The second-order valence-electron chi connectivity index (χ2n) is 7.32. The normalized spacial score (nSPS) is 10.7. The van der Waals surface area contributed by atoms with Gasteiger partial charge in [-0.15, -0.1) is 0 Å². The summed E-state index contributed by atoms with van der Waals surface area (Å²) in [7, 11) is 0. The van der Waals surface area contributed by atoms with Gasteiger partial charge >= 0.3 is 5.97 Å². The molecule has 0 aliphatic rings. The summed E-state index contributed by atoms with van der Waals surface area (Å²) >= 11 is 0. The molecule has 0 fully saturated rings. The number of nitrogens with one attached hydrogen (secondary N) is 1. The molecular formula is C25H19FN2O5. The van der Waals surface area contributed by atoms with Crippen LogP contribution in [0.25, 0.3) is 10.9 Å². The van der Waals surface area contributed by atoms with E-state index >= 15 is 0 Å². The number of fused-ring (bicyclic) bond motifs is 1. The van der Waals surface area contributed by atoms with Crippen LogP contribution in [-0.4, -0.2) is 33.7 Å². The van der Waals surface area contributed by atoms with Crippen molar-refractivity contribution in [2.45, 2.75) is 6.42 Å². The number of para-hydroxylation sites is 1. The van der Waals surface area contributed by atoms with Crippen LogP contribution in [0.3, 0.4) is 0 Å². The quantitative estimate of drug-likeness (QED) is 0.364. The second-order valence-corrected chi connectivity index (χ2v) is 7.32. The lowest BCUT2D eigenvalue weighted by Gasteiger charge is -2.13. The van der Waals surface area contributed by atoms with Gasteiger partial charge in [0.15, 0.2) is 12.4 Å². The third kappa shape index (κ3) is 5.07. The van der Waals surface area contributed by atoms with Gasteiger partial charge in [0.25, 0.3) is 5.91 Å². The van der Waals surface area contributed by atoms with Crippen LogP contribution in [0.5, 0.6) is 11.5 Å². The summed E-state index contributed by atoms with van der Waals surface area (Å²) in [4.78, 5) is 28.3. The minimum atomic E-state index is -1.36. The Morgan fingerprint density at radius 2 is 1.73 bits per heavy atom. The summed E-state index contributed by atoms with van der Waals surface area (Å²) < 4.78 is 18.6. The lowest BCUT2D eigenvalue weighted by Crippen LogP contribution is -2.20. The number of benzene rings is 3. The monoisotopic (exact) mass is 446 g/mol. The summed E-state index contributed by atoms with van der Waals surface area (Å²) in [6, 6.07) is 17.7. The largest absolute Gasteiger partial charge is 0.505 e. The van der Waals surface area contributed by atoms with Gasteiger partial charge in [0.05, 0.1) is 5.69 Å². The van der Waals surface area contributed by atoms with E-state index in [0.717, 1.165) is 11.1 Å². The molecule has 1 heterocycles. The number of phenols is 1. The summed E-state index contributed by atoms with van der Waals surface area (Å²) in [5.74, 6) is -2.19. The number of anilines is 1. The van der Waals surface area contributed by atoms with Gasteiger partial charge in [0.2, 0.25) is 0 Å². The number of ether oxygens (including phenoxy) is 1. The third-order valence-electron chi connectivity index (χ3n) is 4.94. The van der Waals surface area contributed by atoms with Crippen molar-refractivity contribution in [3.8, 4) is 11.5 Å². The molecule has 0 bridgehead atoms. The number of rotatable bonds is 7. The van der Waals surface area contributed by atoms with E-state index in [4.69, 9.17) is 4.74 Å². The molecule has 0 unspecified atom stereocenters. The summed E-state index contributed by atoms with van der Waals surface area (Å²) in [6.45, 7) is -0.294. The first-order valence-electron chi connectivity index (χ1n) is 10.0. The number of aromatic hydroxyl groups is 1. The van der Waals surface area contributed by atoms with Gasteiger partial charge in [-0.05, 0) is 53.9 Å². The minimum Gasteiger partial charge on any atom is -0.505 e. The molecule has 0 aliphatic heterocycles. The van der Waals surface area contributed by atoms with Crippen LogP contribution >= 0.6 is 0 Å². The molecule has 7 nitrogen and oxygen atoms in total. The van der Waals surface area contributed by atoms with Gasteiger partial charge < -0.3 is 20.3 Å². The van der Waals surface area contributed by atoms with Crippen molar-refractivity contribution in [3.05, 3.63) is 95.4 Å². The zero-order valence-corrected chi connectivity index (χ0v) is 17.3. The van der Waals surface area contributed by atoms with Crippen LogP contribution in [0, 0.1) is 5.82 Å². The number of nitrogens with zero attached hydrogens (tertiary/aromatic N) is 1. The number of pyridine rings is 1. The fraction of sp³-hybridized carbons (Fsp3) is 0.0800. The first-order valence-corrected chi connectivity index (χ1v) is 10.0. The molecule has 0 saturated heterocycles. The van der Waals surface area contributed by atoms with Crippen LogP contribution in [0.4, 0.5) is 10.1 Å². The fourth-order valence-corrected chi connectivity index (χ4v) is 3.37. The Morgan fingerprint density at radius 1 is 1.00 bits per heavy atom. The highest BCUT2D eigenvalue weighted by Crippen LogP contribution is 2.34. The molecule has 1 amide bonds. The molecule has 0 radical (unpaired) electrons. The predicted octanol–water partition coefficient (Wildman–Crippen LogP) is 4.39. The standard InChI is InChI=1S/C25H19FN2O5/c26-17-8-6-15(7-9-17)10-16-11-19-21(12-20(25(31)32)24(30)23(19)27-13-16)28-22(29)14-33-18-4-2-1-3-5-18/h1-9,11-13,30H,10,14H2,(H,28,29)(H,31,32). The molecule has 4 rings (SSSR count). The molecule has 0 atom stereocenters. The Labute approximate surface area is 188 Å². The highest BCUT2D eigenvalue weighted by Gasteiger charge is 2.19. The van der Waals surface area contributed by atoms with Gasteiger partial charge in [-0.3, -0.25) is 9.78 Å². The second kappa shape index (κ2) is 9.35. The lowest BCUT2D eigenvalue weighted by atomic mass is 10.0. The number of carboxylic acids is 1. The first-order chi connectivity index (χ1) is 15.9. The molecule has 8 heteroatoms. The van der Waals surface area contributed by atoms with E-state index in [1.807, 2.05) is 6.07 Å². The Morgan fingerprint density at radius 3 is 2.42 bits per heavy atom. The summed E-state index contributed by atoms with van der Waals surface area (Å²) in [5.41, 5.74) is 1.39. The number of amides is 1. The zero-order chi connectivity index (χ0) is 23.4. The van der Waals surface area contributed by atoms with E-state index in [-0.39, 0.29) is 29.2 Å². The number of carbonyl (C=O) groups is 2. The minimum absolute atomic E-state index is 0.0389.